The highest BCUT2D eigenvalue weighted by molar-refractivity contribution is 7.89. The number of ether oxygens (including phenoxy) is 1. The molecular formula is C12H19N3O4S. The molecule has 0 aliphatic heterocycles. The van der Waals surface area contributed by atoms with Crippen LogP contribution in [-0.4, -0.2) is 47.9 Å². The summed E-state index contributed by atoms with van der Waals surface area (Å²) in [5, 5.41) is -0.0317. The summed E-state index contributed by atoms with van der Waals surface area (Å²) in [7, 11) is -0.815. The average molecular weight is 301 g/mol. The van der Waals surface area contributed by atoms with Crippen LogP contribution in [0.15, 0.2) is 17.6 Å². The average Bonchev–Trinajstić information content (AvgIpc) is 3.06. The molecule has 2 rings (SSSR count). The van der Waals surface area contributed by atoms with Gasteiger partial charge in [-0.05, 0) is 12.8 Å². The second-order valence-electron chi connectivity index (χ2n) is 4.94. The molecule has 0 unspecified atom stereocenters. The van der Waals surface area contributed by atoms with Crippen molar-refractivity contribution in [1.82, 2.24) is 13.9 Å². The molecule has 1 aliphatic rings. The van der Waals surface area contributed by atoms with Gasteiger partial charge in [-0.1, -0.05) is 12.8 Å². The molecule has 7 nitrogen and oxygen atoms in total. The first-order valence-corrected chi connectivity index (χ1v) is 7.96. The van der Waals surface area contributed by atoms with Gasteiger partial charge in [0.25, 0.3) is 10.0 Å². The Morgan fingerprint density at radius 1 is 1.50 bits per heavy atom. The molecule has 0 amide bonds. The van der Waals surface area contributed by atoms with E-state index in [9.17, 15) is 13.2 Å². The maximum Gasteiger partial charge on any atom is 0.321 e. The Kier molecular flexibility index (Phi) is 4.44. The molecule has 112 valence electrons. The van der Waals surface area contributed by atoms with E-state index in [1.807, 2.05) is 0 Å². The van der Waals surface area contributed by atoms with Gasteiger partial charge in [0.1, 0.15) is 6.54 Å². The van der Waals surface area contributed by atoms with Gasteiger partial charge >= 0.3 is 5.97 Å². The third-order valence-electron chi connectivity index (χ3n) is 3.50. The zero-order valence-electron chi connectivity index (χ0n) is 11.7. The topological polar surface area (TPSA) is 81.5 Å². The molecule has 0 radical (unpaired) electrons. The van der Waals surface area contributed by atoms with Gasteiger partial charge in [-0.15, -0.1) is 0 Å². The quantitative estimate of drug-likeness (QED) is 0.741. The van der Waals surface area contributed by atoms with E-state index >= 15 is 0 Å². The van der Waals surface area contributed by atoms with Crippen LogP contribution < -0.4 is 0 Å². The van der Waals surface area contributed by atoms with E-state index in [4.69, 9.17) is 0 Å². The van der Waals surface area contributed by atoms with E-state index in [0.29, 0.717) is 0 Å². The minimum atomic E-state index is -3.77. The van der Waals surface area contributed by atoms with Crippen molar-refractivity contribution in [2.24, 2.45) is 7.05 Å². The first-order chi connectivity index (χ1) is 9.45. The Bertz CT molecular complexity index is 575. The number of hydrogen-bond acceptors (Lipinski definition) is 5. The zero-order valence-corrected chi connectivity index (χ0v) is 12.5. The summed E-state index contributed by atoms with van der Waals surface area (Å²) in [5.74, 6) is -0.559. The van der Waals surface area contributed by atoms with Gasteiger partial charge in [0.05, 0.1) is 13.4 Å². The number of carbonyl (C=O) groups excluding carboxylic acids is 1. The first-order valence-electron chi connectivity index (χ1n) is 6.52. The molecule has 0 atom stereocenters. The maximum atomic E-state index is 12.6. The lowest BCUT2D eigenvalue weighted by molar-refractivity contribution is -0.141. The highest BCUT2D eigenvalue weighted by Crippen LogP contribution is 2.28. The number of hydrogen-bond donors (Lipinski definition) is 0. The fraction of sp³-hybridized carbons (Fsp3) is 0.667. The van der Waals surface area contributed by atoms with Gasteiger partial charge in [0, 0.05) is 19.3 Å². The number of imidazole rings is 1. The minimum absolute atomic E-state index is 0.0317. The number of rotatable bonds is 5. The molecule has 0 N–H and O–H groups in total. The van der Waals surface area contributed by atoms with E-state index < -0.39 is 16.0 Å². The highest BCUT2D eigenvalue weighted by atomic mass is 32.2. The molecule has 1 aromatic rings. The Labute approximate surface area is 118 Å². The molecule has 1 fully saturated rings. The standard InChI is InChI=1S/C12H19N3O4S/c1-14-7-11(13-9-14)20(17,18)15(8-12(16)19-2)10-5-3-4-6-10/h7,9-10H,3-6,8H2,1-2H3. The molecular weight excluding hydrogens is 282 g/mol. The summed E-state index contributed by atoms with van der Waals surface area (Å²) >= 11 is 0. The Hall–Kier alpha value is -1.41. The number of carbonyl (C=O) groups is 1. The van der Waals surface area contributed by atoms with Crippen molar-refractivity contribution in [3.8, 4) is 0 Å². The van der Waals surface area contributed by atoms with Crippen molar-refractivity contribution in [2.45, 2.75) is 36.8 Å². The van der Waals surface area contributed by atoms with Crippen LogP contribution in [0.5, 0.6) is 0 Å². The lowest BCUT2D eigenvalue weighted by Gasteiger charge is -2.25. The fourth-order valence-corrected chi connectivity index (χ4v) is 4.04. The fourth-order valence-electron chi connectivity index (χ4n) is 2.44. The van der Waals surface area contributed by atoms with Gasteiger partial charge in [-0.3, -0.25) is 4.79 Å². The number of methoxy groups -OCH3 is 1. The Morgan fingerprint density at radius 3 is 2.65 bits per heavy atom. The van der Waals surface area contributed by atoms with E-state index in [1.165, 1.54) is 23.9 Å². The Balaban J connectivity index is 2.31. The number of aryl methyl sites for hydroxylation is 1. The van der Waals surface area contributed by atoms with Gasteiger partial charge < -0.3 is 9.30 Å². The van der Waals surface area contributed by atoms with Crippen molar-refractivity contribution < 1.29 is 17.9 Å². The molecule has 1 aromatic heterocycles. The van der Waals surface area contributed by atoms with Crippen molar-refractivity contribution in [3.05, 3.63) is 12.5 Å². The van der Waals surface area contributed by atoms with Gasteiger partial charge in [0.2, 0.25) is 0 Å². The third-order valence-corrected chi connectivity index (χ3v) is 5.28. The van der Waals surface area contributed by atoms with Crippen LogP contribution in [0.2, 0.25) is 0 Å². The SMILES string of the molecule is COC(=O)CN(C1CCCC1)S(=O)(=O)c1cn(C)cn1. The second kappa shape index (κ2) is 5.92. The van der Waals surface area contributed by atoms with Crippen LogP contribution >= 0.6 is 0 Å². The van der Waals surface area contributed by atoms with E-state index in [0.717, 1.165) is 25.7 Å². The molecule has 0 aromatic carbocycles. The number of nitrogens with zero attached hydrogens (tertiary/aromatic N) is 3. The highest BCUT2D eigenvalue weighted by Gasteiger charge is 2.36. The molecule has 1 saturated carbocycles. The summed E-state index contributed by atoms with van der Waals surface area (Å²) in [6, 6.07) is -0.152. The van der Waals surface area contributed by atoms with Gasteiger partial charge in [0.15, 0.2) is 5.03 Å². The zero-order chi connectivity index (χ0) is 14.8. The van der Waals surface area contributed by atoms with Crippen molar-refractivity contribution in [2.75, 3.05) is 13.7 Å². The predicted molar refractivity (Wildman–Crippen MR) is 71.4 cm³/mol. The summed E-state index contributed by atoms with van der Waals surface area (Å²) in [6.07, 6.45) is 6.35. The smallest absolute Gasteiger partial charge is 0.321 e. The second-order valence-corrected chi connectivity index (χ2v) is 6.78. The van der Waals surface area contributed by atoms with Crippen LogP contribution in [0.3, 0.4) is 0 Å². The maximum absolute atomic E-state index is 12.6. The van der Waals surface area contributed by atoms with Crippen LogP contribution in [0.4, 0.5) is 0 Å². The third kappa shape index (κ3) is 3.01. The monoisotopic (exact) mass is 301 g/mol. The van der Waals surface area contributed by atoms with Crippen LogP contribution in [-0.2, 0) is 26.6 Å². The van der Waals surface area contributed by atoms with Gasteiger partial charge in [-0.2, -0.15) is 4.31 Å². The summed E-state index contributed by atoms with van der Waals surface area (Å²) in [6.45, 7) is -0.264. The molecule has 0 saturated heterocycles. The number of sulfonamides is 1. The lowest BCUT2D eigenvalue weighted by Crippen LogP contribution is -2.42. The molecule has 0 spiro atoms. The van der Waals surface area contributed by atoms with Crippen molar-refractivity contribution in [3.63, 3.8) is 0 Å². The molecule has 1 aliphatic carbocycles. The summed E-state index contributed by atoms with van der Waals surface area (Å²) in [4.78, 5) is 15.4. The predicted octanol–water partition coefficient (Wildman–Crippen LogP) is 0.526. The largest absolute Gasteiger partial charge is 0.468 e. The van der Waals surface area contributed by atoms with Crippen LogP contribution in [0.25, 0.3) is 0 Å². The first kappa shape index (κ1) is 15.0. The van der Waals surface area contributed by atoms with Gasteiger partial charge in [-0.25, -0.2) is 13.4 Å². The molecule has 8 heteroatoms. The lowest BCUT2D eigenvalue weighted by atomic mass is 10.2. The normalized spacial score (nSPS) is 16.8. The molecule has 20 heavy (non-hydrogen) atoms. The van der Waals surface area contributed by atoms with Crippen molar-refractivity contribution in [1.29, 1.82) is 0 Å². The minimum Gasteiger partial charge on any atom is -0.468 e. The molecule has 1 heterocycles. The summed E-state index contributed by atoms with van der Waals surface area (Å²) in [5.41, 5.74) is 0. The van der Waals surface area contributed by atoms with E-state index in [2.05, 4.69) is 9.72 Å². The Morgan fingerprint density at radius 2 is 2.15 bits per heavy atom. The van der Waals surface area contributed by atoms with Crippen LogP contribution in [0, 0.1) is 0 Å². The van der Waals surface area contributed by atoms with E-state index in [1.54, 1.807) is 11.6 Å². The van der Waals surface area contributed by atoms with Crippen molar-refractivity contribution >= 4 is 16.0 Å². The van der Waals surface area contributed by atoms with E-state index in [-0.39, 0.29) is 17.6 Å². The summed E-state index contributed by atoms with van der Waals surface area (Å²) < 4.78 is 32.7. The number of aromatic nitrogens is 2. The molecule has 0 bridgehead atoms. The number of esters is 1. The van der Waals surface area contributed by atoms with Crippen LogP contribution in [0.1, 0.15) is 25.7 Å².